The summed E-state index contributed by atoms with van der Waals surface area (Å²) in [7, 11) is 0. The monoisotopic (exact) mass is 211 g/mol. The van der Waals surface area contributed by atoms with Crippen molar-refractivity contribution in [3.63, 3.8) is 0 Å². The van der Waals surface area contributed by atoms with E-state index in [4.69, 9.17) is 16.3 Å². The van der Waals surface area contributed by atoms with Gasteiger partial charge in [-0.3, -0.25) is 0 Å². The van der Waals surface area contributed by atoms with Crippen LogP contribution in [0.15, 0.2) is 24.3 Å². The molecule has 0 amide bonds. The van der Waals surface area contributed by atoms with Gasteiger partial charge in [-0.1, -0.05) is 29.8 Å². The number of ether oxygens (including phenoxy) is 1. The van der Waals surface area contributed by atoms with Crippen molar-refractivity contribution in [1.29, 1.82) is 0 Å². The molecule has 0 saturated carbocycles. The van der Waals surface area contributed by atoms with E-state index in [1.54, 1.807) is 0 Å². The van der Waals surface area contributed by atoms with Crippen LogP contribution >= 0.6 is 11.6 Å². The largest absolute Gasteiger partial charge is 0.379 e. The fraction of sp³-hybridized carbons (Fsp3) is 0.455. The number of hydrogen-bond donors (Lipinski definition) is 1. The van der Waals surface area contributed by atoms with Crippen LogP contribution in [0.25, 0.3) is 0 Å². The second-order valence-corrected chi connectivity index (χ2v) is 3.93. The molecule has 0 aromatic heterocycles. The lowest BCUT2D eigenvalue weighted by Crippen LogP contribution is -2.42. The van der Waals surface area contributed by atoms with Gasteiger partial charge >= 0.3 is 0 Å². The summed E-state index contributed by atoms with van der Waals surface area (Å²) in [6.45, 7) is 2.54. The van der Waals surface area contributed by atoms with Gasteiger partial charge in [-0.05, 0) is 18.1 Å². The highest BCUT2D eigenvalue weighted by Crippen LogP contribution is 2.17. The molecule has 2 rings (SSSR count). The van der Waals surface area contributed by atoms with Gasteiger partial charge in [0.25, 0.3) is 0 Å². The topological polar surface area (TPSA) is 21.3 Å². The van der Waals surface area contributed by atoms with Crippen molar-refractivity contribution in [2.24, 2.45) is 0 Å². The van der Waals surface area contributed by atoms with Crippen LogP contribution in [-0.2, 0) is 11.2 Å². The first-order valence-electron chi connectivity index (χ1n) is 4.91. The van der Waals surface area contributed by atoms with Gasteiger partial charge in [-0.2, -0.15) is 0 Å². The summed E-state index contributed by atoms with van der Waals surface area (Å²) in [6.07, 6.45) is 0.944. The van der Waals surface area contributed by atoms with Crippen LogP contribution in [0.2, 0.25) is 5.02 Å². The van der Waals surface area contributed by atoms with E-state index in [0.717, 1.165) is 31.2 Å². The minimum Gasteiger partial charge on any atom is -0.379 e. The van der Waals surface area contributed by atoms with Gasteiger partial charge in [0.05, 0.1) is 13.2 Å². The zero-order chi connectivity index (χ0) is 9.80. The highest BCUT2D eigenvalue weighted by molar-refractivity contribution is 6.31. The van der Waals surface area contributed by atoms with E-state index in [1.807, 2.05) is 18.2 Å². The molecule has 14 heavy (non-hydrogen) atoms. The zero-order valence-electron chi connectivity index (χ0n) is 8.00. The Hall–Kier alpha value is -0.570. The number of morpholine rings is 1. The summed E-state index contributed by atoms with van der Waals surface area (Å²) >= 11 is 6.07. The van der Waals surface area contributed by atoms with Crippen molar-refractivity contribution in [3.05, 3.63) is 34.9 Å². The van der Waals surface area contributed by atoms with Crippen molar-refractivity contribution >= 4 is 11.6 Å². The van der Waals surface area contributed by atoms with Crippen molar-refractivity contribution in [1.82, 2.24) is 5.32 Å². The highest BCUT2D eigenvalue weighted by Gasteiger charge is 2.14. The molecule has 1 aromatic carbocycles. The molecular formula is C11H14ClNO. The first-order chi connectivity index (χ1) is 6.86. The van der Waals surface area contributed by atoms with Crippen molar-refractivity contribution in [2.45, 2.75) is 12.5 Å². The molecule has 3 heteroatoms. The fourth-order valence-electron chi connectivity index (χ4n) is 1.68. The van der Waals surface area contributed by atoms with Crippen LogP contribution in [-0.4, -0.2) is 25.8 Å². The van der Waals surface area contributed by atoms with Crippen LogP contribution in [0.4, 0.5) is 0 Å². The third-order valence-corrected chi connectivity index (χ3v) is 2.79. The average Bonchev–Trinajstić information content (AvgIpc) is 2.23. The van der Waals surface area contributed by atoms with Crippen molar-refractivity contribution < 1.29 is 4.74 Å². The quantitative estimate of drug-likeness (QED) is 0.807. The minimum absolute atomic E-state index is 0.406. The SMILES string of the molecule is Clc1ccccc1CC1COCCN1. The van der Waals surface area contributed by atoms with Gasteiger partial charge in [0, 0.05) is 17.6 Å². The van der Waals surface area contributed by atoms with Gasteiger partial charge in [-0.15, -0.1) is 0 Å². The third kappa shape index (κ3) is 2.47. The Morgan fingerprint density at radius 1 is 1.43 bits per heavy atom. The van der Waals surface area contributed by atoms with Crippen LogP contribution < -0.4 is 5.32 Å². The van der Waals surface area contributed by atoms with Gasteiger partial charge in [0.2, 0.25) is 0 Å². The smallest absolute Gasteiger partial charge is 0.0623 e. The first kappa shape index (κ1) is 9.97. The number of hydrogen-bond acceptors (Lipinski definition) is 2. The molecule has 1 aliphatic rings. The molecular weight excluding hydrogens is 198 g/mol. The number of benzene rings is 1. The number of halogens is 1. The molecule has 0 bridgehead atoms. The molecule has 1 fully saturated rings. The standard InChI is InChI=1S/C11H14ClNO/c12-11-4-2-1-3-9(11)7-10-8-14-6-5-13-10/h1-4,10,13H,5-8H2. The Morgan fingerprint density at radius 2 is 2.29 bits per heavy atom. The van der Waals surface area contributed by atoms with Gasteiger partial charge in [0.1, 0.15) is 0 Å². The minimum atomic E-state index is 0.406. The van der Waals surface area contributed by atoms with Crippen molar-refractivity contribution in [3.8, 4) is 0 Å². The van der Waals surface area contributed by atoms with E-state index in [9.17, 15) is 0 Å². The van der Waals surface area contributed by atoms with E-state index in [-0.39, 0.29) is 0 Å². The molecule has 1 N–H and O–H groups in total. The first-order valence-corrected chi connectivity index (χ1v) is 5.28. The van der Waals surface area contributed by atoms with Crippen molar-refractivity contribution in [2.75, 3.05) is 19.8 Å². The average molecular weight is 212 g/mol. The van der Waals surface area contributed by atoms with E-state index >= 15 is 0 Å². The second-order valence-electron chi connectivity index (χ2n) is 3.52. The van der Waals surface area contributed by atoms with Crippen LogP contribution in [0, 0.1) is 0 Å². The van der Waals surface area contributed by atoms with E-state index in [2.05, 4.69) is 11.4 Å². The lowest BCUT2D eigenvalue weighted by Gasteiger charge is -2.24. The summed E-state index contributed by atoms with van der Waals surface area (Å²) in [5.41, 5.74) is 1.19. The fourth-order valence-corrected chi connectivity index (χ4v) is 1.89. The predicted molar refractivity (Wildman–Crippen MR) is 57.8 cm³/mol. The lowest BCUT2D eigenvalue weighted by molar-refractivity contribution is 0.0770. The molecule has 2 nitrogen and oxygen atoms in total. The molecule has 0 radical (unpaired) electrons. The maximum atomic E-state index is 6.07. The maximum absolute atomic E-state index is 6.07. The number of rotatable bonds is 2. The Balaban J connectivity index is 1.99. The summed E-state index contributed by atoms with van der Waals surface area (Å²) in [5.74, 6) is 0. The van der Waals surface area contributed by atoms with Gasteiger partial charge in [-0.25, -0.2) is 0 Å². The highest BCUT2D eigenvalue weighted by atomic mass is 35.5. The van der Waals surface area contributed by atoms with Gasteiger partial charge < -0.3 is 10.1 Å². The lowest BCUT2D eigenvalue weighted by atomic mass is 10.1. The maximum Gasteiger partial charge on any atom is 0.0623 e. The normalized spacial score (nSPS) is 22.2. The summed E-state index contributed by atoms with van der Waals surface area (Å²) in [4.78, 5) is 0. The Labute approximate surface area is 89.2 Å². The zero-order valence-corrected chi connectivity index (χ0v) is 8.76. The van der Waals surface area contributed by atoms with E-state index < -0.39 is 0 Å². The molecule has 76 valence electrons. The second kappa shape index (κ2) is 4.78. The Morgan fingerprint density at radius 3 is 3.00 bits per heavy atom. The predicted octanol–water partition coefficient (Wildman–Crippen LogP) is 1.87. The molecule has 1 aliphatic heterocycles. The Bertz CT molecular complexity index is 297. The summed E-state index contributed by atoms with van der Waals surface area (Å²) in [5, 5.41) is 4.26. The van der Waals surface area contributed by atoms with E-state index in [0.29, 0.717) is 6.04 Å². The molecule has 1 unspecified atom stereocenters. The summed E-state index contributed by atoms with van der Waals surface area (Å²) < 4.78 is 5.39. The molecule has 1 saturated heterocycles. The third-order valence-electron chi connectivity index (χ3n) is 2.42. The molecule has 0 aliphatic carbocycles. The molecule has 1 heterocycles. The summed E-state index contributed by atoms with van der Waals surface area (Å²) in [6, 6.07) is 8.38. The van der Waals surface area contributed by atoms with Crippen LogP contribution in [0.1, 0.15) is 5.56 Å². The van der Waals surface area contributed by atoms with Gasteiger partial charge in [0.15, 0.2) is 0 Å². The molecule has 1 aromatic rings. The van der Waals surface area contributed by atoms with Crippen LogP contribution in [0.3, 0.4) is 0 Å². The van der Waals surface area contributed by atoms with Crippen LogP contribution in [0.5, 0.6) is 0 Å². The van der Waals surface area contributed by atoms with E-state index in [1.165, 1.54) is 5.56 Å². The Kier molecular flexibility index (Phi) is 3.40. The molecule has 0 spiro atoms. The number of nitrogens with one attached hydrogen (secondary N) is 1. The molecule has 1 atom stereocenters.